The first kappa shape index (κ1) is 20.6. The summed E-state index contributed by atoms with van der Waals surface area (Å²) in [5.74, 6) is 1.77. The summed E-state index contributed by atoms with van der Waals surface area (Å²) in [5.41, 5.74) is 2.98. The molecule has 0 bridgehead atoms. The first-order valence-electron chi connectivity index (χ1n) is 9.95. The van der Waals surface area contributed by atoms with Gasteiger partial charge in [0.1, 0.15) is 0 Å². The number of thioether (sulfide) groups is 1. The largest absolute Gasteiger partial charge is 0.273 e. The number of pyridine rings is 1. The standard InChI is InChI=1S/C22H23ClN6S/c1-17-19(23)7-5-8-20(17)29-21(18-9-12-24-13-10-18)26-27-22(29)30-16-4-2-3-14-28-15-6-11-25-28/h5-13,15H,2-4,14,16H2,1H3. The number of benzene rings is 1. The SMILES string of the molecule is Cc1c(Cl)cccc1-n1c(SCCCCCn2cccn2)nnc1-c1ccncc1. The molecular weight excluding hydrogens is 416 g/mol. The number of halogens is 1. The minimum absolute atomic E-state index is 0.733. The monoisotopic (exact) mass is 438 g/mol. The third-order valence-corrected chi connectivity index (χ3v) is 6.30. The number of unbranched alkanes of at least 4 members (excludes halogenated alkanes) is 2. The van der Waals surface area contributed by atoms with E-state index >= 15 is 0 Å². The fourth-order valence-corrected chi connectivity index (χ4v) is 4.37. The lowest BCUT2D eigenvalue weighted by Crippen LogP contribution is -2.03. The summed E-state index contributed by atoms with van der Waals surface area (Å²) in [7, 11) is 0. The van der Waals surface area contributed by atoms with E-state index in [1.807, 2.05) is 54.3 Å². The second-order valence-electron chi connectivity index (χ2n) is 6.94. The number of aryl methyl sites for hydroxylation is 1. The number of nitrogens with zero attached hydrogens (tertiary/aromatic N) is 6. The van der Waals surface area contributed by atoms with Crippen LogP contribution in [0.4, 0.5) is 0 Å². The zero-order valence-corrected chi connectivity index (χ0v) is 18.4. The molecule has 4 aromatic rings. The molecule has 4 rings (SSSR count). The molecule has 3 heterocycles. The first-order chi connectivity index (χ1) is 14.7. The van der Waals surface area contributed by atoms with E-state index in [2.05, 4.69) is 30.9 Å². The minimum Gasteiger partial charge on any atom is -0.273 e. The summed E-state index contributed by atoms with van der Waals surface area (Å²) in [6, 6.07) is 11.8. The van der Waals surface area contributed by atoms with Crippen LogP contribution in [0.2, 0.25) is 5.02 Å². The Balaban J connectivity index is 1.50. The molecule has 0 radical (unpaired) electrons. The van der Waals surface area contributed by atoms with Gasteiger partial charge in [-0.2, -0.15) is 5.10 Å². The van der Waals surface area contributed by atoms with Crippen LogP contribution in [-0.4, -0.2) is 35.3 Å². The Bertz CT molecular complexity index is 1080. The summed E-state index contributed by atoms with van der Waals surface area (Å²) in [6.45, 7) is 2.99. The molecule has 0 saturated heterocycles. The maximum Gasteiger partial charge on any atom is 0.196 e. The van der Waals surface area contributed by atoms with Crippen LogP contribution in [-0.2, 0) is 6.54 Å². The Morgan fingerprint density at radius 3 is 2.63 bits per heavy atom. The van der Waals surface area contributed by atoms with Crippen molar-refractivity contribution in [1.29, 1.82) is 0 Å². The predicted molar refractivity (Wildman–Crippen MR) is 121 cm³/mol. The number of aromatic nitrogens is 6. The molecule has 6 nitrogen and oxygen atoms in total. The molecule has 0 saturated carbocycles. The van der Waals surface area contributed by atoms with E-state index in [0.717, 1.165) is 64.4 Å². The van der Waals surface area contributed by atoms with Crippen molar-refractivity contribution in [2.24, 2.45) is 0 Å². The van der Waals surface area contributed by atoms with Crippen LogP contribution in [0.15, 0.2) is 66.3 Å². The van der Waals surface area contributed by atoms with Crippen molar-refractivity contribution in [2.75, 3.05) is 5.75 Å². The highest BCUT2D eigenvalue weighted by atomic mass is 35.5. The number of hydrogen-bond donors (Lipinski definition) is 0. The topological polar surface area (TPSA) is 61.4 Å². The third-order valence-electron chi connectivity index (χ3n) is 4.87. The van der Waals surface area contributed by atoms with Gasteiger partial charge in [0, 0.05) is 47.7 Å². The van der Waals surface area contributed by atoms with E-state index in [0.29, 0.717) is 0 Å². The molecular formula is C22H23ClN6S. The highest BCUT2D eigenvalue weighted by Gasteiger charge is 2.18. The van der Waals surface area contributed by atoms with Crippen LogP contribution in [0.1, 0.15) is 24.8 Å². The molecule has 0 atom stereocenters. The Kier molecular flexibility index (Phi) is 6.81. The molecule has 154 valence electrons. The van der Waals surface area contributed by atoms with Crippen LogP contribution in [0, 0.1) is 6.92 Å². The molecule has 3 aromatic heterocycles. The minimum atomic E-state index is 0.733. The van der Waals surface area contributed by atoms with Crippen molar-refractivity contribution < 1.29 is 0 Å². The van der Waals surface area contributed by atoms with Gasteiger partial charge in [0.2, 0.25) is 0 Å². The molecule has 0 aliphatic rings. The second-order valence-corrected chi connectivity index (χ2v) is 8.41. The molecule has 8 heteroatoms. The van der Waals surface area contributed by atoms with E-state index in [9.17, 15) is 0 Å². The Labute approximate surface area is 185 Å². The van der Waals surface area contributed by atoms with Crippen molar-refractivity contribution in [3.05, 3.63) is 71.8 Å². The quantitative estimate of drug-likeness (QED) is 0.257. The zero-order valence-electron chi connectivity index (χ0n) is 16.8. The highest BCUT2D eigenvalue weighted by molar-refractivity contribution is 7.99. The van der Waals surface area contributed by atoms with Crippen LogP contribution >= 0.6 is 23.4 Å². The Morgan fingerprint density at radius 1 is 0.967 bits per heavy atom. The van der Waals surface area contributed by atoms with Crippen molar-refractivity contribution >= 4 is 23.4 Å². The van der Waals surface area contributed by atoms with Gasteiger partial charge in [-0.1, -0.05) is 35.9 Å². The van der Waals surface area contributed by atoms with E-state index in [1.165, 1.54) is 0 Å². The Hall–Kier alpha value is -2.64. The highest BCUT2D eigenvalue weighted by Crippen LogP contribution is 2.31. The molecule has 30 heavy (non-hydrogen) atoms. The van der Waals surface area contributed by atoms with Crippen molar-refractivity contribution in [3.63, 3.8) is 0 Å². The van der Waals surface area contributed by atoms with Gasteiger partial charge in [-0.3, -0.25) is 14.2 Å². The smallest absolute Gasteiger partial charge is 0.196 e. The summed E-state index contributed by atoms with van der Waals surface area (Å²) in [4.78, 5) is 4.12. The third kappa shape index (κ3) is 4.74. The molecule has 0 aliphatic heterocycles. The van der Waals surface area contributed by atoms with E-state index in [4.69, 9.17) is 11.6 Å². The van der Waals surface area contributed by atoms with E-state index < -0.39 is 0 Å². The van der Waals surface area contributed by atoms with Gasteiger partial charge >= 0.3 is 0 Å². The van der Waals surface area contributed by atoms with E-state index in [1.54, 1.807) is 24.2 Å². The van der Waals surface area contributed by atoms with Gasteiger partial charge < -0.3 is 0 Å². The van der Waals surface area contributed by atoms with Crippen LogP contribution in [0.25, 0.3) is 17.1 Å². The normalized spacial score (nSPS) is 11.1. The average Bonchev–Trinajstić information content (AvgIpc) is 3.43. The molecule has 0 amide bonds. The van der Waals surface area contributed by atoms with Crippen molar-refractivity contribution in [2.45, 2.75) is 37.9 Å². The van der Waals surface area contributed by atoms with Crippen LogP contribution in [0.5, 0.6) is 0 Å². The fraction of sp³-hybridized carbons (Fsp3) is 0.273. The summed E-state index contributed by atoms with van der Waals surface area (Å²) in [5, 5.41) is 14.8. The van der Waals surface area contributed by atoms with Gasteiger partial charge in [-0.05, 0) is 55.7 Å². The van der Waals surface area contributed by atoms with Crippen molar-refractivity contribution in [3.8, 4) is 17.1 Å². The van der Waals surface area contributed by atoms with Gasteiger partial charge in [-0.25, -0.2) is 0 Å². The molecule has 0 unspecified atom stereocenters. The number of rotatable bonds is 9. The lowest BCUT2D eigenvalue weighted by Gasteiger charge is -2.13. The molecule has 0 N–H and O–H groups in total. The molecule has 0 fully saturated rings. The molecule has 0 spiro atoms. The Morgan fingerprint density at radius 2 is 1.83 bits per heavy atom. The lowest BCUT2D eigenvalue weighted by atomic mass is 10.2. The maximum absolute atomic E-state index is 6.41. The first-order valence-corrected chi connectivity index (χ1v) is 11.3. The second kappa shape index (κ2) is 9.91. The van der Waals surface area contributed by atoms with E-state index in [-0.39, 0.29) is 0 Å². The van der Waals surface area contributed by atoms with Crippen LogP contribution in [0.3, 0.4) is 0 Å². The summed E-state index contributed by atoms with van der Waals surface area (Å²) in [6.07, 6.45) is 10.7. The van der Waals surface area contributed by atoms with Crippen molar-refractivity contribution in [1.82, 2.24) is 29.5 Å². The molecule has 1 aromatic carbocycles. The maximum atomic E-state index is 6.41. The predicted octanol–water partition coefficient (Wildman–Crippen LogP) is 5.45. The fourth-order valence-electron chi connectivity index (χ4n) is 3.26. The zero-order chi connectivity index (χ0) is 20.8. The average molecular weight is 439 g/mol. The molecule has 0 aliphatic carbocycles. The van der Waals surface area contributed by atoms with Crippen LogP contribution < -0.4 is 0 Å². The van der Waals surface area contributed by atoms with Gasteiger partial charge in [0.25, 0.3) is 0 Å². The van der Waals surface area contributed by atoms with Gasteiger partial charge in [0.15, 0.2) is 11.0 Å². The van der Waals surface area contributed by atoms with Gasteiger partial charge in [0.05, 0.1) is 5.69 Å². The summed E-state index contributed by atoms with van der Waals surface area (Å²) < 4.78 is 4.08. The lowest BCUT2D eigenvalue weighted by molar-refractivity contribution is 0.554. The van der Waals surface area contributed by atoms with Gasteiger partial charge in [-0.15, -0.1) is 10.2 Å². The summed E-state index contributed by atoms with van der Waals surface area (Å²) >= 11 is 8.14. The number of hydrogen-bond acceptors (Lipinski definition) is 5.